The number of amides is 1. The highest BCUT2D eigenvalue weighted by Crippen LogP contribution is 2.40. The van der Waals surface area contributed by atoms with Crippen molar-refractivity contribution in [3.05, 3.63) is 36.0 Å². The molecule has 0 fully saturated rings. The second-order valence-corrected chi connectivity index (χ2v) is 7.28. The first kappa shape index (κ1) is 23.9. The number of hydrogen-bond donors (Lipinski definition) is 1. The number of ether oxygens (including phenoxy) is 4. The number of alkyl halides is 2. The van der Waals surface area contributed by atoms with E-state index in [0.717, 1.165) is 12.7 Å². The summed E-state index contributed by atoms with van der Waals surface area (Å²) in [5, 5.41) is 2.53. The maximum atomic E-state index is 13.1. The molecule has 11 heteroatoms. The van der Waals surface area contributed by atoms with Crippen LogP contribution in [0, 0.1) is 0 Å². The van der Waals surface area contributed by atoms with Gasteiger partial charge in [-0.05, 0) is 40.7 Å². The molecule has 0 aliphatic heterocycles. The topological polar surface area (TPSA) is 109 Å². The van der Waals surface area contributed by atoms with Crippen LogP contribution < -0.4 is 19.5 Å². The lowest BCUT2D eigenvalue weighted by molar-refractivity contribution is -0.0523. The summed E-state index contributed by atoms with van der Waals surface area (Å²) < 4.78 is 51.4. The summed E-state index contributed by atoms with van der Waals surface area (Å²) in [6.45, 7) is 5.17. The molecule has 0 spiro atoms. The maximum absolute atomic E-state index is 13.1. The Morgan fingerprint density at radius 1 is 1.26 bits per heavy atom. The normalized spacial score (nSPS) is 12.3. The summed E-state index contributed by atoms with van der Waals surface area (Å²) in [7, 11) is 0. The van der Waals surface area contributed by atoms with Crippen molar-refractivity contribution in [2.75, 3.05) is 6.61 Å². The molecule has 2 aromatic rings. The molecule has 1 aromatic carbocycles. The van der Waals surface area contributed by atoms with Crippen molar-refractivity contribution in [2.24, 2.45) is 0 Å². The van der Waals surface area contributed by atoms with Crippen LogP contribution >= 0.6 is 0 Å². The highest BCUT2D eigenvalue weighted by molar-refractivity contribution is 5.88. The van der Waals surface area contributed by atoms with E-state index in [4.69, 9.17) is 18.6 Å². The SMILES string of the molecule is CCOc1cc(OC(=O)c2cocn2)cc([C@H](C)NC(=O)OC(C)(C)C)c1OC(F)F. The van der Waals surface area contributed by atoms with Crippen molar-refractivity contribution in [3.63, 3.8) is 0 Å². The van der Waals surface area contributed by atoms with Crippen molar-refractivity contribution >= 4 is 12.1 Å². The molecule has 1 N–H and O–H groups in total. The van der Waals surface area contributed by atoms with Crippen LogP contribution in [0.5, 0.6) is 17.2 Å². The zero-order valence-electron chi connectivity index (χ0n) is 17.7. The largest absolute Gasteiger partial charge is 0.490 e. The molecule has 170 valence electrons. The minimum Gasteiger partial charge on any atom is -0.490 e. The zero-order chi connectivity index (χ0) is 23.2. The van der Waals surface area contributed by atoms with Crippen molar-refractivity contribution in [1.29, 1.82) is 0 Å². The van der Waals surface area contributed by atoms with Gasteiger partial charge in [-0.3, -0.25) is 0 Å². The Hall–Kier alpha value is -3.37. The Labute approximate surface area is 177 Å². The first-order valence-corrected chi connectivity index (χ1v) is 9.35. The molecule has 0 saturated carbocycles. The van der Waals surface area contributed by atoms with E-state index < -0.39 is 30.3 Å². The summed E-state index contributed by atoms with van der Waals surface area (Å²) in [6.07, 6.45) is 1.37. The van der Waals surface area contributed by atoms with Gasteiger partial charge in [0, 0.05) is 11.6 Å². The van der Waals surface area contributed by atoms with Crippen molar-refractivity contribution in [3.8, 4) is 17.2 Å². The van der Waals surface area contributed by atoms with Gasteiger partial charge in [0.2, 0.25) is 0 Å². The summed E-state index contributed by atoms with van der Waals surface area (Å²) in [4.78, 5) is 28.0. The number of rotatable bonds is 8. The fourth-order valence-corrected chi connectivity index (χ4v) is 2.49. The van der Waals surface area contributed by atoms with E-state index in [1.54, 1.807) is 27.7 Å². The zero-order valence-corrected chi connectivity index (χ0v) is 17.7. The summed E-state index contributed by atoms with van der Waals surface area (Å²) in [5.41, 5.74) is -0.773. The van der Waals surface area contributed by atoms with Gasteiger partial charge in [-0.2, -0.15) is 8.78 Å². The van der Waals surface area contributed by atoms with Gasteiger partial charge in [0.1, 0.15) is 17.6 Å². The molecule has 0 unspecified atom stereocenters. The lowest BCUT2D eigenvalue weighted by Crippen LogP contribution is -2.34. The third-order valence-electron chi connectivity index (χ3n) is 3.62. The van der Waals surface area contributed by atoms with Gasteiger partial charge < -0.3 is 28.7 Å². The van der Waals surface area contributed by atoms with E-state index in [1.165, 1.54) is 19.1 Å². The van der Waals surface area contributed by atoms with Crippen molar-refractivity contribution in [2.45, 2.75) is 52.9 Å². The van der Waals surface area contributed by atoms with E-state index in [-0.39, 0.29) is 35.1 Å². The smallest absolute Gasteiger partial charge is 0.408 e. The van der Waals surface area contributed by atoms with Gasteiger partial charge in [-0.15, -0.1) is 0 Å². The molecular weight excluding hydrogens is 418 g/mol. The average Bonchev–Trinajstić information content (AvgIpc) is 3.16. The van der Waals surface area contributed by atoms with Gasteiger partial charge in [0.05, 0.1) is 12.6 Å². The first-order valence-electron chi connectivity index (χ1n) is 9.35. The quantitative estimate of drug-likeness (QED) is 0.471. The number of esters is 1. The number of hydrogen-bond acceptors (Lipinski definition) is 8. The Bertz CT molecular complexity index is 896. The highest BCUT2D eigenvalue weighted by atomic mass is 19.3. The fourth-order valence-electron chi connectivity index (χ4n) is 2.49. The van der Waals surface area contributed by atoms with Crippen LogP contribution in [0.25, 0.3) is 0 Å². The van der Waals surface area contributed by atoms with Crippen LogP contribution in [0.4, 0.5) is 13.6 Å². The van der Waals surface area contributed by atoms with Crippen LogP contribution in [0.3, 0.4) is 0 Å². The van der Waals surface area contributed by atoms with Crippen molar-refractivity contribution in [1.82, 2.24) is 10.3 Å². The number of carbonyl (C=O) groups is 2. The van der Waals surface area contributed by atoms with Gasteiger partial charge in [-0.25, -0.2) is 14.6 Å². The first-order chi connectivity index (χ1) is 14.5. The predicted octanol–water partition coefficient (Wildman–Crippen LogP) is 4.48. The number of nitrogens with one attached hydrogen (secondary N) is 1. The van der Waals surface area contributed by atoms with E-state index in [2.05, 4.69) is 15.0 Å². The van der Waals surface area contributed by atoms with Gasteiger partial charge in [-0.1, -0.05) is 0 Å². The van der Waals surface area contributed by atoms with E-state index >= 15 is 0 Å². The van der Waals surface area contributed by atoms with Crippen LogP contribution in [0.1, 0.15) is 56.7 Å². The standard InChI is InChI=1S/C20H24F2N2O7/c1-6-28-15-8-12(29-17(25)14-9-27-10-23-14)7-13(16(15)30-18(21)22)11(2)24-19(26)31-20(3,4)5/h7-11,18H,6H2,1-5H3,(H,24,26)/t11-/m0/s1. The Morgan fingerprint density at radius 2 is 1.97 bits per heavy atom. The molecule has 1 aromatic heterocycles. The summed E-state index contributed by atoms with van der Waals surface area (Å²) >= 11 is 0. The third kappa shape index (κ3) is 7.12. The van der Waals surface area contributed by atoms with E-state index in [0.29, 0.717) is 0 Å². The molecule has 0 radical (unpaired) electrons. The number of alkyl carbamates (subject to hydrolysis) is 1. The third-order valence-corrected chi connectivity index (χ3v) is 3.62. The summed E-state index contributed by atoms with van der Waals surface area (Å²) in [6, 6.07) is 1.64. The number of halogens is 2. The number of carbonyl (C=O) groups excluding carboxylic acids is 2. The molecule has 1 atom stereocenters. The molecule has 0 bridgehead atoms. The second-order valence-electron chi connectivity index (χ2n) is 7.28. The lowest BCUT2D eigenvalue weighted by atomic mass is 10.1. The van der Waals surface area contributed by atoms with Crippen LogP contribution in [-0.2, 0) is 4.74 Å². The number of aromatic nitrogens is 1. The Balaban J connectivity index is 2.41. The minimum absolute atomic E-state index is 0.0362. The monoisotopic (exact) mass is 442 g/mol. The molecule has 1 amide bonds. The lowest BCUT2D eigenvalue weighted by Gasteiger charge is -2.24. The Morgan fingerprint density at radius 3 is 2.52 bits per heavy atom. The molecule has 2 rings (SSSR count). The fraction of sp³-hybridized carbons (Fsp3) is 0.450. The van der Waals surface area contributed by atoms with Gasteiger partial charge in [0.25, 0.3) is 0 Å². The van der Waals surface area contributed by atoms with Crippen LogP contribution in [0.15, 0.2) is 29.2 Å². The van der Waals surface area contributed by atoms with Gasteiger partial charge >= 0.3 is 18.7 Å². The van der Waals surface area contributed by atoms with Crippen LogP contribution in [0.2, 0.25) is 0 Å². The van der Waals surface area contributed by atoms with Crippen LogP contribution in [-0.4, -0.2) is 35.9 Å². The molecule has 31 heavy (non-hydrogen) atoms. The minimum atomic E-state index is -3.16. The van der Waals surface area contributed by atoms with E-state index in [9.17, 15) is 18.4 Å². The maximum Gasteiger partial charge on any atom is 0.408 e. The van der Waals surface area contributed by atoms with Crippen molar-refractivity contribution < 1.29 is 41.7 Å². The highest BCUT2D eigenvalue weighted by Gasteiger charge is 2.26. The molecule has 0 aliphatic rings. The molecule has 0 saturated heterocycles. The molecule has 1 heterocycles. The second kappa shape index (κ2) is 10.1. The molecule has 9 nitrogen and oxygen atoms in total. The number of benzene rings is 1. The average molecular weight is 442 g/mol. The predicted molar refractivity (Wildman–Crippen MR) is 103 cm³/mol. The van der Waals surface area contributed by atoms with E-state index in [1.807, 2.05) is 0 Å². The molecule has 0 aliphatic carbocycles. The number of oxazole rings is 1. The summed E-state index contributed by atoms with van der Waals surface area (Å²) in [5.74, 6) is -1.27. The van der Waals surface area contributed by atoms with Gasteiger partial charge in [0.15, 0.2) is 23.6 Å². The molecular formula is C20H24F2N2O7. The number of nitrogens with zero attached hydrogens (tertiary/aromatic N) is 1. The Kier molecular flexibility index (Phi) is 7.78.